The van der Waals surface area contributed by atoms with E-state index in [1.807, 2.05) is 36.4 Å². The Morgan fingerprint density at radius 1 is 1.07 bits per heavy atom. The molecule has 160 valence electrons. The standard InChI is InChI=1S/C23H25F2NO4/c1-28-16-9-8-15(19(10-16)29-2)12-26-18-11-17(20(24)21(18)25)22(26)23(27)30-13-14-6-4-3-5-7-14/h3-10,17-18,20-22H,11-13H2,1-2H3/t17-,18-,20-,21+,22+/m1/s1. The Hall–Kier alpha value is -2.67. The second kappa shape index (κ2) is 8.60. The molecule has 2 aromatic rings. The molecule has 2 aliphatic rings. The number of piperidine rings is 1. The molecule has 0 spiro atoms. The SMILES string of the molecule is COc1ccc(CN2[C@@H]3C[C@H]([C@@H](F)[C@H]3F)[C@H]2C(=O)OCc2ccccc2)c(OC)c1. The number of likely N-dealkylation sites (tertiary alicyclic amines) is 1. The number of fused-ring (bicyclic) bond motifs is 2. The van der Waals surface area contributed by atoms with Crippen LogP contribution in [-0.4, -0.2) is 49.5 Å². The molecule has 1 aliphatic heterocycles. The summed E-state index contributed by atoms with van der Waals surface area (Å²) in [6, 6.07) is 13.1. The normalized spacial score (nSPS) is 27.8. The smallest absolute Gasteiger partial charge is 0.324 e. The van der Waals surface area contributed by atoms with Gasteiger partial charge in [0.25, 0.3) is 0 Å². The van der Waals surface area contributed by atoms with Crippen molar-refractivity contribution in [1.82, 2.24) is 4.90 Å². The molecule has 2 fully saturated rings. The third-order valence-electron chi connectivity index (χ3n) is 6.10. The summed E-state index contributed by atoms with van der Waals surface area (Å²) in [6.07, 6.45) is -2.97. The van der Waals surface area contributed by atoms with Crippen LogP contribution in [0.1, 0.15) is 17.5 Å². The maximum absolute atomic E-state index is 14.5. The summed E-state index contributed by atoms with van der Waals surface area (Å²) in [7, 11) is 3.09. The van der Waals surface area contributed by atoms with Gasteiger partial charge in [0.2, 0.25) is 0 Å². The zero-order chi connectivity index (χ0) is 21.3. The average Bonchev–Trinajstić information content (AvgIpc) is 3.29. The molecule has 30 heavy (non-hydrogen) atoms. The zero-order valence-electron chi connectivity index (χ0n) is 17.0. The molecule has 0 N–H and O–H groups in total. The van der Waals surface area contributed by atoms with Gasteiger partial charge in [0, 0.05) is 30.1 Å². The van der Waals surface area contributed by atoms with E-state index < -0.39 is 36.3 Å². The van der Waals surface area contributed by atoms with Crippen LogP contribution in [0.3, 0.4) is 0 Å². The number of carbonyl (C=O) groups excluding carboxylic acids is 1. The summed E-state index contributed by atoms with van der Waals surface area (Å²) < 4.78 is 45.2. The molecule has 2 bridgehead atoms. The first-order valence-corrected chi connectivity index (χ1v) is 9.99. The van der Waals surface area contributed by atoms with Crippen molar-refractivity contribution in [3.63, 3.8) is 0 Å². The fraction of sp³-hybridized carbons (Fsp3) is 0.435. The summed E-state index contributed by atoms with van der Waals surface area (Å²) in [6.45, 7) is 0.357. The van der Waals surface area contributed by atoms with Gasteiger partial charge in [-0.3, -0.25) is 9.69 Å². The largest absolute Gasteiger partial charge is 0.497 e. The molecule has 0 radical (unpaired) electrons. The number of carbonyl (C=O) groups is 1. The van der Waals surface area contributed by atoms with E-state index in [9.17, 15) is 13.6 Å². The van der Waals surface area contributed by atoms with Gasteiger partial charge in [-0.25, -0.2) is 8.78 Å². The van der Waals surface area contributed by atoms with Gasteiger partial charge in [0.1, 0.15) is 36.5 Å². The van der Waals surface area contributed by atoms with Crippen LogP contribution in [0, 0.1) is 5.92 Å². The van der Waals surface area contributed by atoms with Crippen LogP contribution in [0.25, 0.3) is 0 Å². The van der Waals surface area contributed by atoms with Crippen LogP contribution >= 0.6 is 0 Å². The number of esters is 1. The third-order valence-corrected chi connectivity index (χ3v) is 6.10. The number of hydrogen-bond donors (Lipinski definition) is 0. The minimum absolute atomic E-state index is 0.100. The van der Waals surface area contributed by atoms with Gasteiger partial charge in [-0.15, -0.1) is 0 Å². The first-order valence-electron chi connectivity index (χ1n) is 9.99. The second-order valence-electron chi connectivity index (χ2n) is 7.74. The Morgan fingerprint density at radius 3 is 2.53 bits per heavy atom. The summed E-state index contributed by atoms with van der Waals surface area (Å²) in [4.78, 5) is 14.6. The van der Waals surface area contributed by atoms with Gasteiger partial charge in [-0.05, 0) is 18.1 Å². The Kier molecular flexibility index (Phi) is 5.90. The van der Waals surface area contributed by atoms with Crippen molar-refractivity contribution in [2.24, 2.45) is 5.92 Å². The van der Waals surface area contributed by atoms with E-state index in [4.69, 9.17) is 14.2 Å². The monoisotopic (exact) mass is 417 g/mol. The predicted octanol–water partition coefficient (Wildman–Crippen LogP) is 3.70. The number of hydrogen-bond acceptors (Lipinski definition) is 5. The zero-order valence-corrected chi connectivity index (χ0v) is 17.0. The summed E-state index contributed by atoms with van der Waals surface area (Å²) in [5, 5.41) is 0. The van der Waals surface area contributed by atoms with Crippen molar-refractivity contribution in [3.8, 4) is 11.5 Å². The molecular weight excluding hydrogens is 392 g/mol. The van der Waals surface area contributed by atoms with E-state index >= 15 is 0 Å². The highest BCUT2D eigenvalue weighted by atomic mass is 19.2. The molecule has 1 aliphatic carbocycles. The average molecular weight is 417 g/mol. The van der Waals surface area contributed by atoms with Crippen molar-refractivity contribution in [1.29, 1.82) is 0 Å². The lowest BCUT2D eigenvalue weighted by Gasteiger charge is -2.37. The number of benzene rings is 2. The molecule has 5 nitrogen and oxygen atoms in total. The molecule has 1 saturated heterocycles. The maximum Gasteiger partial charge on any atom is 0.324 e. The molecule has 1 heterocycles. The molecule has 7 heteroatoms. The van der Waals surface area contributed by atoms with E-state index in [-0.39, 0.29) is 13.2 Å². The van der Waals surface area contributed by atoms with Gasteiger partial charge in [0.15, 0.2) is 0 Å². The highest BCUT2D eigenvalue weighted by Gasteiger charge is 2.61. The lowest BCUT2D eigenvalue weighted by molar-refractivity contribution is -0.156. The van der Waals surface area contributed by atoms with Gasteiger partial charge in [-0.2, -0.15) is 0 Å². The molecule has 1 saturated carbocycles. The van der Waals surface area contributed by atoms with Gasteiger partial charge < -0.3 is 14.2 Å². The first kappa shape index (κ1) is 20.6. The van der Waals surface area contributed by atoms with E-state index in [2.05, 4.69) is 0 Å². The van der Waals surface area contributed by atoms with E-state index in [1.165, 1.54) is 7.11 Å². The van der Waals surface area contributed by atoms with Crippen molar-refractivity contribution < 1.29 is 27.8 Å². The molecule has 0 aromatic heterocycles. The molecule has 4 rings (SSSR count). The Morgan fingerprint density at radius 2 is 1.83 bits per heavy atom. The lowest BCUT2D eigenvalue weighted by atomic mass is 9.95. The molecule has 2 aromatic carbocycles. The summed E-state index contributed by atoms with van der Waals surface area (Å²) in [5.74, 6) is -0.0313. The van der Waals surface area contributed by atoms with Crippen molar-refractivity contribution in [2.45, 2.75) is 44.0 Å². The Labute approximate surface area is 174 Å². The number of rotatable bonds is 7. The van der Waals surface area contributed by atoms with E-state index in [0.29, 0.717) is 17.9 Å². The fourth-order valence-corrected chi connectivity index (χ4v) is 4.58. The first-order chi connectivity index (χ1) is 14.5. The number of halogens is 2. The van der Waals surface area contributed by atoms with Crippen LogP contribution in [0.5, 0.6) is 11.5 Å². The minimum Gasteiger partial charge on any atom is -0.497 e. The summed E-state index contributed by atoms with van der Waals surface area (Å²) in [5.41, 5.74) is 1.62. The van der Waals surface area contributed by atoms with E-state index in [0.717, 1.165) is 11.1 Å². The molecule has 0 unspecified atom stereocenters. The van der Waals surface area contributed by atoms with Gasteiger partial charge >= 0.3 is 5.97 Å². The van der Waals surface area contributed by atoms with Crippen LogP contribution in [0.15, 0.2) is 48.5 Å². The highest BCUT2D eigenvalue weighted by molar-refractivity contribution is 5.77. The predicted molar refractivity (Wildman–Crippen MR) is 107 cm³/mol. The summed E-state index contributed by atoms with van der Waals surface area (Å²) >= 11 is 0. The maximum atomic E-state index is 14.5. The topological polar surface area (TPSA) is 48.0 Å². The Bertz CT molecular complexity index is 894. The number of alkyl halides is 2. The van der Waals surface area contributed by atoms with Crippen LogP contribution in [0.2, 0.25) is 0 Å². The number of nitrogens with zero attached hydrogens (tertiary/aromatic N) is 1. The highest BCUT2D eigenvalue weighted by Crippen LogP contribution is 2.47. The minimum atomic E-state index is -1.65. The number of ether oxygens (including phenoxy) is 3. The molecule has 5 atom stereocenters. The number of methoxy groups -OCH3 is 2. The van der Waals surface area contributed by atoms with Gasteiger partial charge in [-0.1, -0.05) is 36.4 Å². The molecule has 0 amide bonds. The van der Waals surface area contributed by atoms with Gasteiger partial charge in [0.05, 0.1) is 14.2 Å². The second-order valence-corrected chi connectivity index (χ2v) is 7.74. The van der Waals surface area contributed by atoms with Crippen LogP contribution in [-0.2, 0) is 22.7 Å². The van der Waals surface area contributed by atoms with E-state index in [1.54, 1.807) is 24.1 Å². The van der Waals surface area contributed by atoms with Crippen molar-refractivity contribution >= 4 is 5.97 Å². The Balaban J connectivity index is 1.55. The molecular formula is C23H25F2NO4. The fourth-order valence-electron chi connectivity index (χ4n) is 4.58. The van der Waals surface area contributed by atoms with Crippen LogP contribution in [0.4, 0.5) is 8.78 Å². The third kappa shape index (κ3) is 3.74. The van der Waals surface area contributed by atoms with Crippen molar-refractivity contribution in [2.75, 3.05) is 14.2 Å². The lowest BCUT2D eigenvalue weighted by Crippen LogP contribution is -2.54. The van der Waals surface area contributed by atoms with Crippen molar-refractivity contribution in [3.05, 3.63) is 59.7 Å². The van der Waals surface area contributed by atoms with Crippen LogP contribution < -0.4 is 9.47 Å². The quantitative estimate of drug-likeness (QED) is 0.643.